The summed E-state index contributed by atoms with van der Waals surface area (Å²) in [5, 5.41) is 6.04. The molecule has 3 nitrogen and oxygen atoms in total. The highest BCUT2D eigenvalue weighted by atomic mass is 32.2. The highest BCUT2D eigenvalue weighted by Crippen LogP contribution is 2.63. The number of aromatic nitrogens is 3. The lowest BCUT2D eigenvalue weighted by Crippen LogP contribution is -2.32. The van der Waals surface area contributed by atoms with E-state index in [1.807, 2.05) is 29.2 Å². The molecule has 0 fully saturated rings. The zero-order valence-electron chi connectivity index (χ0n) is 34.9. The fourth-order valence-electron chi connectivity index (χ4n) is 10.8. The van der Waals surface area contributed by atoms with Crippen LogP contribution in [-0.2, 0) is 5.41 Å². The summed E-state index contributed by atoms with van der Waals surface area (Å²) in [6, 6.07) is 77.0. The van der Waals surface area contributed by atoms with Gasteiger partial charge in [-0.3, -0.25) is 0 Å². The molecule has 0 bridgehead atoms. The molecule has 0 saturated heterocycles. The van der Waals surface area contributed by atoms with E-state index in [4.69, 9.17) is 15.0 Å². The molecule has 0 amide bonds. The molecule has 9 aromatic carbocycles. The second-order valence-corrected chi connectivity index (χ2v) is 19.1. The highest BCUT2D eigenvalue weighted by Gasteiger charge is 2.50. The van der Waals surface area contributed by atoms with Crippen LogP contribution in [0, 0.1) is 0 Å². The van der Waals surface area contributed by atoms with Gasteiger partial charge in [0.05, 0.1) is 28.0 Å². The van der Waals surface area contributed by atoms with E-state index >= 15 is 0 Å². The Morgan fingerprint density at radius 1 is 0.385 bits per heavy atom. The predicted molar refractivity (Wildman–Crippen MR) is 271 cm³/mol. The van der Waals surface area contributed by atoms with E-state index in [2.05, 4.69) is 206 Å². The molecule has 3 aromatic heterocycles. The van der Waals surface area contributed by atoms with Crippen LogP contribution in [0.1, 0.15) is 22.3 Å². The Hall–Kier alpha value is -7.70. The van der Waals surface area contributed by atoms with Crippen molar-refractivity contribution >= 4 is 64.9 Å². The smallest absolute Gasteiger partial charge is 0.160 e. The van der Waals surface area contributed by atoms with Gasteiger partial charge in [0.1, 0.15) is 0 Å². The first kappa shape index (κ1) is 36.8. The third kappa shape index (κ3) is 5.34. The molecule has 0 radical (unpaired) electrons. The second-order valence-electron chi connectivity index (χ2n) is 17.0. The van der Waals surface area contributed by atoms with Gasteiger partial charge in [0, 0.05) is 68.4 Å². The van der Waals surface area contributed by atoms with E-state index in [9.17, 15) is 0 Å². The Morgan fingerprint density at radius 2 is 1.02 bits per heavy atom. The number of thiophene rings is 1. The Morgan fingerprint density at radius 3 is 1.86 bits per heavy atom. The molecule has 65 heavy (non-hydrogen) atoms. The summed E-state index contributed by atoms with van der Waals surface area (Å²) in [7, 11) is 0. The van der Waals surface area contributed by atoms with Crippen molar-refractivity contribution in [3.05, 3.63) is 235 Å². The number of hydrogen-bond acceptors (Lipinski definition) is 5. The van der Waals surface area contributed by atoms with Gasteiger partial charge in [0.15, 0.2) is 5.82 Å². The molecule has 2 aliphatic rings. The van der Waals surface area contributed by atoms with Gasteiger partial charge in [-0.05, 0) is 63.7 Å². The second kappa shape index (κ2) is 14.2. The number of para-hydroxylation sites is 1. The van der Waals surface area contributed by atoms with Crippen LogP contribution < -0.4 is 0 Å². The van der Waals surface area contributed by atoms with E-state index in [0.717, 1.165) is 55.6 Å². The molecule has 1 aliphatic heterocycles. The normalized spacial score (nSPS) is 13.3. The maximum Gasteiger partial charge on any atom is 0.160 e. The Balaban J connectivity index is 0.995. The first-order valence-electron chi connectivity index (χ1n) is 22.0. The summed E-state index contributed by atoms with van der Waals surface area (Å²) in [5.74, 6) is 0.698. The maximum absolute atomic E-state index is 5.51. The zero-order chi connectivity index (χ0) is 42.6. The molecule has 0 atom stereocenters. The molecule has 14 rings (SSSR count). The lowest BCUT2D eigenvalue weighted by Gasteiger charge is -2.40. The topological polar surface area (TPSA) is 38.7 Å². The highest BCUT2D eigenvalue weighted by molar-refractivity contribution is 7.99. The SMILES string of the molecule is c1ccc(-c2nc(-c3cccc(-c4nc5ccccc5c5c6c(ccc45)C4(c5ccccc5S6)c5ccccc5-c5ccccc54)c3)cc(-c3cccc4c3sc3ccccc34)n2)cc1. The zero-order valence-corrected chi connectivity index (χ0v) is 36.5. The molecule has 5 heteroatoms. The van der Waals surface area contributed by atoms with Gasteiger partial charge in [0.25, 0.3) is 0 Å². The molecule has 0 saturated carbocycles. The van der Waals surface area contributed by atoms with Crippen LogP contribution in [-0.4, -0.2) is 15.0 Å². The lowest BCUT2D eigenvalue weighted by atomic mass is 9.67. The van der Waals surface area contributed by atoms with Crippen LogP contribution in [0.2, 0.25) is 0 Å². The van der Waals surface area contributed by atoms with Gasteiger partial charge in [-0.15, -0.1) is 11.3 Å². The number of fused-ring (bicyclic) bond motifs is 16. The van der Waals surface area contributed by atoms with Crippen LogP contribution in [0.4, 0.5) is 0 Å². The molecule has 1 spiro atoms. The quantitative estimate of drug-likeness (QED) is 0.165. The van der Waals surface area contributed by atoms with Gasteiger partial charge in [-0.1, -0.05) is 194 Å². The monoisotopic (exact) mass is 861 g/mol. The minimum atomic E-state index is -0.468. The summed E-state index contributed by atoms with van der Waals surface area (Å²) < 4.78 is 2.50. The standard InChI is InChI=1S/C60H35N3S2/c1-2-16-36(17-3-1)59-62-51(35-52(63-59)44-25-15-24-42-41-22-7-12-30-53(41)64-57(42)44)37-18-14-19-38(34-37)56-45-32-33-49-58(55(45)43-23-6-11-29-50(43)61-56)65-54-31-13-10-28-48(54)60(49)46-26-8-4-20-39(46)40-21-5-9-27-47(40)60/h1-35H. The van der Waals surface area contributed by atoms with Crippen molar-refractivity contribution in [1.29, 1.82) is 0 Å². The molecule has 302 valence electrons. The van der Waals surface area contributed by atoms with Crippen molar-refractivity contribution in [3.8, 4) is 56.3 Å². The first-order valence-corrected chi connectivity index (χ1v) is 23.6. The van der Waals surface area contributed by atoms with Crippen molar-refractivity contribution in [2.24, 2.45) is 0 Å². The average molecular weight is 862 g/mol. The van der Waals surface area contributed by atoms with Gasteiger partial charge >= 0.3 is 0 Å². The van der Waals surface area contributed by atoms with E-state index in [1.54, 1.807) is 0 Å². The molecular weight excluding hydrogens is 827 g/mol. The van der Waals surface area contributed by atoms with Crippen LogP contribution in [0.25, 0.3) is 98.1 Å². The first-order chi connectivity index (χ1) is 32.2. The molecule has 0 unspecified atom stereocenters. The molecular formula is C60H35N3S2. The van der Waals surface area contributed by atoms with Gasteiger partial charge in [-0.2, -0.15) is 0 Å². The van der Waals surface area contributed by atoms with Crippen molar-refractivity contribution in [3.63, 3.8) is 0 Å². The fourth-order valence-corrected chi connectivity index (χ4v) is 13.4. The van der Waals surface area contributed by atoms with Crippen molar-refractivity contribution in [1.82, 2.24) is 15.0 Å². The predicted octanol–water partition coefficient (Wildman–Crippen LogP) is 16.0. The van der Waals surface area contributed by atoms with Crippen molar-refractivity contribution in [2.45, 2.75) is 15.2 Å². The van der Waals surface area contributed by atoms with Crippen LogP contribution in [0.3, 0.4) is 0 Å². The summed E-state index contributed by atoms with van der Waals surface area (Å²) in [6.45, 7) is 0. The molecule has 1 aliphatic carbocycles. The number of pyridine rings is 1. The van der Waals surface area contributed by atoms with Gasteiger partial charge in [0.2, 0.25) is 0 Å². The number of nitrogens with zero attached hydrogens (tertiary/aromatic N) is 3. The van der Waals surface area contributed by atoms with Crippen molar-refractivity contribution in [2.75, 3.05) is 0 Å². The third-order valence-corrected chi connectivity index (χ3v) is 16.0. The summed E-state index contributed by atoms with van der Waals surface area (Å²) in [6.07, 6.45) is 0. The van der Waals surface area contributed by atoms with Crippen LogP contribution in [0.5, 0.6) is 0 Å². The summed E-state index contributed by atoms with van der Waals surface area (Å²) >= 11 is 3.72. The Bertz CT molecular complexity index is 3900. The van der Waals surface area contributed by atoms with E-state index in [0.29, 0.717) is 5.82 Å². The number of rotatable bonds is 4. The minimum Gasteiger partial charge on any atom is -0.247 e. The Labute approximate surface area is 383 Å². The van der Waals surface area contributed by atoms with E-state index < -0.39 is 5.41 Å². The summed E-state index contributed by atoms with van der Waals surface area (Å²) in [4.78, 5) is 18.6. The number of benzene rings is 9. The lowest BCUT2D eigenvalue weighted by molar-refractivity contribution is 0.726. The van der Waals surface area contributed by atoms with Crippen LogP contribution in [0.15, 0.2) is 222 Å². The summed E-state index contributed by atoms with van der Waals surface area (Å²) in [5.41, 5.74) is 15.3. The molecule has 12 aromatic rings. The average Bonchev–Trinajstić information content (AvgIpc) is 3.90. The van der Waals surface area contributed by atoms with E-state index in [-0.39, 0.29) is 0 Å². The largest absolute Gasteiger partial charge is 0.247 e. The third-order valence-electron chi connectivity index (χ3n) is 13.5. The van der Waals surface area contributed by atoms with Crippen molar-refractivity contribution < 1.29 is 0 Å². The number of hydrogen-bond donors (Lipinski definition) is 0. The van der Waals surface area contributed by atoms with E-state index in [1.165, 1.54) is 68.7 Å². The van der Waals surface area contributed by atoms with Crippen LogP contribution >= 0.6 is 23.1 Å². The fraction of sp³-hybridized carbons (Fsp3) is 0.0167. The molecule has 4 heterocycles. The Kier molecular flexibility index (Phi) is 8.00. The maximum atomic E-state index is 5.51. The van der Waals surface area contributed by atoms with Gasteiger partial charge < -0.3 is 0 Å². The van der Waals surface area contributed by atoms with Gasteiger partial charge in [-0.25, -0.2) is 15.0 Å². The molecule has 0 N–H and O–H groups in total. The minimum absolute atomic E-state index is 0.468.